The standard InChI is InChI=1S/C36H39N11O4/c1-7-46-30(17-22(3)40-46)33(50)38-35-42(5)28-19-24(21-48)11-13-26(28)44(35)15-9-10-16-45-27-14-12-25(32(37)49)20-29(27)43(6)36(45)39-34(51)31-18-23(4)41-47(31)8-2/h9-14,17-21H,7-8,15-16H2,1-6H3,(H2,37,49)/b10-9+,38-35?,39-36?. The minimum atomic E-state index is -0.567. The molecule has 0 saturated heterocycles. The smallest absolute Gasteiger partial charge is 0.298 e. The molecule has 51 heavy (non-hydrogen) atoms. The number of hydrogen-bond donors (Lipinski definition) is 1. The van der Waals surface area contributed by atoms with E-state index in [4.69, 9.17) is 5.73 Å². The van der Waals surface area contributed by atoms with E-state index in [0.717, 1.165) is 28.5 Å². The molecule has 0 fully saturated rings. The average molecular weight is 690 g/mol. The van der Waals surface area contributed by atoms with E-state index < -0.39 is 17.7 Å². The summed E-state index contributed by atoms with van der Waals surface area (Å²) in [5.41, 5.74) is 12.3. The Bertz CT molecular complexity index is 2550. The Labute approximate surface area is 292 Å². The van der Waals surface area contributed by atoms with E-state index in [2.05, 4.69) is 20.2 Å². The van der Waals surface area contributed by atoms with Gasteiger partial charge in [0.25, 0.3) is 11.8 Å². The van der Waals surface area contributed by atoms with Crippen molar-refractivity contribution in [2.24, 2.45) is 29.8 Å². The minimum Gasteiger partial charge on any atom is -0.366 e. The van der Waals surface area contributed by atoms with Gasteiger partial charge in [0.15, 0.2) is 0 Å². The molecule has 6 aromatic rings. The van der Waals surface area contributed by atoms with Crippen LogP contribution in [-0.4, -0.2) is 61.8 Å². The number of aldehydes is 1. The number of nitrogens with zero attached hydrogens (tertiary/aromatic N) is 10. The second-order valence-corrected chi connectivity index (χ2v) is 12.2. The third-order valence-corrected chi connectivity index (χ3v) is 8.77. The molecule has 262 valence electrons. The number of benzene rings is 2. The van der Waals surface area contributed by atoms with Crippen LogP contribution in [0.25, 0.3) is 22.1 Å². The SMILES string of the molecule is CCn1nc(C)cc1C(=O)N=c1n(C)c2cc(C=O)ccc2n1C/C=C/Cn1c(=NC(=O)c2cc(C)nn2CC)n(C)c2cc(C(N)=O)ccc21. The summed E-state index contributed by atoms with van der Waals surface area (Å²) in [5.74, 6) is -1.45. The number of primary amides is 1. The minimum absolute atomic E-state index is 0.312. The van der Waals surface area contributed by atoms with Crippen LogP contribution in [0.2, 0.25) is 0 Å². The van der Waals surface area contributed by atoms with Crippen molar-refractivity contribution in [1.29, 1.82) is 0 Å². The molecular formula is C36H39N11O4. The van der Waals surface area contributed by atoms with E-state index in [1.54, 1.807) is 75.1 Å². The van der Waals surface area contributed by atoms with Crippen molar-refractivity contribution in [1.82, 2.24) is 37.8 Å². The number of hydrogen-bond acceptors (Lipinski definition) is 6. The van der Waals surface area contributed by atoms with Gasteiger partial charge < -0.3 is 24.0 Å². The van der Waals surface area contributed by atoms with E-state index in [-0.39, 0.29) is 0 Å². The molecule has 6 rings (SSSR count). The van der Waals surface area contributed by atoms with Crippen LogP contribution in [0.1, 0.15) is 66.9 Å². The molecule has 0 radical (unpaired) electrons. The fraction of sp³-hybridized carbons (Fsp3) is 0.278. The van der Waals surface area contributed by atoms with E-state index in [0.29, 0.717) is 71.1 Å². The van der Waals surface area contributed by atoms with E-state index in [9.17, 15) is 19.2 Å². The van der Waals surface area contributed by atoms with Crippen molar-refractivity contribution in [3.63, 3.8) is 0 Å². The van der Waals surface area contributed by atoms with E-state index >= 15 is 0 Å². The van der Waals surface area contributed by atoms with Crippen molar-refractivity contribution >= 4 is 46.1 Å². The maximum atomic E-state index is 13.5. The first-order valence-corrected chi connectivity index (χ1v) is 16.5. The topological polar surface area (TPSA) is 174 Å². The molecule has 2 N–H and O–H groups in total. The van der Waals surface area contributed by atoms with Gasteiger partial charge in [-0.1, -0.05) is 12.2 Å². The van der Waals surface area contributed by atoms with Gasteiger partial charge in [-0.25, -0.2) is 0 Å². The highest BCUT2D eigenvalue weighted by Gasteiger charge is 2.18. The van der Waals surface area contributed by atoms with Crippen LogP contribution in [0.15, 0.2) is 70.7 Å². The highest BCUT2D eigenvalue weighted by molar-refractivity contribution is 5.97. The fourth-order valence-electron chi connectivity index (χ4n) is 6.28. The molecule has 0 aliphatic heterocycles. The lowest BCUT2D eigenvalue weighted by atomic mass is 10.2. The van der Waals surface area contributed by atoms with Gasteiger partial charge >= 0.3 is 0 Å². The number of nitrogens with two attached hydrogens (primary N) is 1. The lowest BCUT2D eigenvalue weighted by molar-refractivity contribution is 0.0977. The van der Waals surface area contributed by atoms with Crippen LogP contribution in [0, 0.1) is 13.8 Å². The number of imidazole rings is 2. The van der Waals surface area contributed by atoms with Crippen LogP contribution in [-0.2, 0) is 40.3 Å². The summed E-state index contributed by atoms with van der Waals surface area (Å²) in [6.07, 6.45) is 4.64. The van der Waals surface area contributed by atoms with Crippen LogP contribution in [0.4, 0.5) is 0 Å². The average Bonchev–Trinajstić information content (AvgIpc) is 3.84. The lowest BCUT2D eigenvalue weighted by Gasteiger charge is -2.04. The molecule has 0 aliphatic carbocycles. The van der Waals surface area contributed by atoms with Gasteiger partial charge in [-0.3, -0.25) is 28.5 Å². The third-order valence-electron chi connectivity index (χ3n) is 8.77. The molecule has 3 amide bonds. The summed E-state index contributed by atoms with van der Waals surface area (Å²) < 4.78 is 10.5. The molecule has 4 aromatic heterocycles. The number of allylic oxidation sites excluding steroid dienone is 2. The number of aromatic nitrogens is 8. The summed E-state index contributed by atoms with van der Waals surface area (Å²) in [7, 11) is 3.58. The Kier molecular flexibility index (Phi) is 9.37. The Morgan fingerprint density at radius 2 is 1.18 bits per heavy atom. The maximum absolute atomic E-state index is 13.5. The number of carbonyl (C=O) groups excluding carboxylic acids is 4. The number of rotatable bonds is 10. The first kappa shape index (κ1) is 34.5. The number of fused-ring (bicyclic) bond motifs is 2. The largest absolute Gasteiger partial charge is 0.366 e. The first-order chi connectivity index (χ1) is 24.4. The number of carbonyl (C=O) groups is 4. The van der Waals surface area contributed by atoms with Crippen molar-refractivity contribution in [2.45, 2.75) is 53.9 Å². The van der Waals surface area contributed by atoms with Crippen LogP contribution < -0.4 is 17.0 Å². The number of aryl methyl sites for hydroxylation is 6. The Morgan fingerprint density at radius 1 is 0.706 bits per heavy atom. The molecule has 0 spiro atoms. The molecular weight excluding hydrogens is 650 g/mol. The highest BCUT2D eigenvalue weighted by Crippen LogP contribution is 2.17. The van der Waals surface area contributed by atoms with E-state index in [1.807, 2.05) is 55.0 Å². The highest BCUT2D eigenvalue weighted by atomic mass is 16.2. The normalized spacial score (nSPS) is 12.6. The second-order valence-electron chi connectivity index (χ2n) is 12.2. The van der Waals surface area contributed by atoms with Crippen molar-refractivity contribution < 1.29 is 19.2 Å². The van der Waals surface area contributed by atoms with Gasteiger partial charge in [-0.2, -0.15) is 20.2 Å². The summed E-state index contributed by atoms with van der Waals surface area (Å²) in [6, 6.07) is 13.8. The molecule has 15 nitrogen and oxygen atoms in total. The first-order valence-electron chi connectivity index (χ1n) is 16.5. The summed E-state index contributed by atoms with van der Waals surface area (Å²) in [5, 5.41) is 8.78. The van der Waals surface area contributed by atoms with Gasteiger partial charge in [0.2, 0.25) is 17.1 Å². The summed E-state index contributed by atoms with van der Waals surface area (Å²) in [4.78, 5) is 59.7. The van der Waals surface area contributed by atoms with Gasteiger partial charge in [0.1, 0.15) is 17.7 Å². The Hall–Kier alpha value is -6.38. The van der Waals surface area contributed by atoms with Gasteiger partial charge in [-0.05, 0) is 76.2 Å². The predicted octanol–water partition coefficient (Wildman–Crippen LogP) is 2.97. The zero-order valence-corrected chi connectivity index (χ0v) is 29.4. The van der Waals surface area contributed by atoms with Crippen molar-refractivity contribution in [3.05, 3.63) is 106 Å². The zero-order chi connectivity index (χ0) is 36.6. The molecule has 0 atom stereocenters. The van der Waals surface area contributed by atoms with E-state index in [1.165, 1.54) is 0 Å². The predicted molar refractivity (Wildman–Crippen MR) is 190 cm³/mol. The second kappa shape index (κ2) is 13.9. The molecule has 0 bridgehead atoms. The van der Waals surface area contributed by atoms with Gasteiger partial charge in [-0.15, -0.1) is 0 Å². The number of amides is 3. The zero-order valence-electron chi connectivity index (χ0n) is 29.4. The molecule has 0 saturated carbocycles. The molecule has 0 unspecified atom stereocenters. The molecule has 4 heterocycles. The van der Waals surface area contributed by atoms with Crippen LogP contribution in [0.3, 0.4) is 0 Å². The lowest BCUT2D eigenvalue weighted by Crippen LogP contribution is -2.27. The van der Waals surface area contributed by atoms with Crippen molar-refractivity contribution in [2.75, 3.05) is 0 Å². The van der Waals surface area contributed by atoms with Gasteiger partial charge in [0.05, 0.1) is 33.5 Å². The van der Waals surface area contributed by atoms with Crippen LogP contribution >= 0.6 is 0 Å². The fourth-order valence-corrected chi connectivity index (χ4v) is 6.28. The molecule has 0 aliphatic rings. The summed E-state index contributed by atoms with van der Waals surface area (Å²) >= 11 is 0. The monoisotopic (exact) mass is 689 g/mol. The molecule has 2 aromatic carbocycles. The summed E-state index contributed by atoms with van der Waals surface area (Å²) in [6.45, 7) is 9.12. The quantitative estimate of drug-likeness (QED) is 0.171. The van der Waals surface area contributed by atoms with Crippen molar-refractivity contribution in [3.8, 4) is 0 Å². The van der Waals surface area contributed by atoms with Gasteiger partial charge in [0, 0.05) is 51.4 Å². The molecule has 15 heteroatoms. The van der Waals surface area contributed by atoms with Crippen LogP contribution in [0.5, 0.6) is 0 Å². The Morgan fingerprint density at radius 3 is 1.63 bits per heavy atom. The maximum Gasteiger partial charge on any atom is 0.298 e. The Balaban J connectivity index is 1.43. The third kappa shape index (κ3) is 6.40.